The molecule has 0 aromatic heterocycles. The average molecular weight is 212 g/mol. The van der Waals surface area contributed by atoms with Gasteiger partial charge in [-0.3, -0.25) is 4.79 Å². The van der Waals surface area contributed by atoms with E-state index >= 15 is 0 Å². The normalized spacial score (nSPS) is 14.7. The molecular formula is C13H12N2O. The Hall–Kier alpha value is -2.08. The van der Waals surface area contributed by atoms with Crippen LogP contribution in [-0.4, -0.2) is 11.9 Å². The average Bonchev–Trinajstić information content (AvgIpc) is 3.11. The second kappa shape index (κ2) is 4.63. The Morgan fingerprint density at radius 1 is 1.38 bits per heavy atom. The zero-order chi connectivity index (χ0) is 11.4. The maximum Gasteiger partial charge on any atom is 0.244 e. The fourth-order valence-electron chi connectivity index (χ4n) is 1.32. The van der Waals surface area contributed by atoms with Gasteiger partial charge in [-0.25, -0.2) is 0 Å². The minimum Gasteiger partial charge on any atom is -0.350 e. The van der Waals surface area contributed by atoms with Gasteiger partial charge >= 0.3 is 0 Å². The summed E-state index contributed by atoms with van der Waals surface area (Å²) in [6, 6.07) is 9.54. The molecular weight excluding hydrogens is 200 g/mol. The lowest BCUT2D eigenvalue weighted by Crippen LogP contribution is -2.22. The number of hydrogen-bond acceptors (Lipinski definition) is 2. The van der Waals surface area contributed by atoms with E-state index in [1.807, 2.05) is 12.1 Å². The lowest BCUT2D eigenvalue weighted by Gasteiger charge is -1.97. The molecule has 16 heavy (non-hydrogen) atoms. The van der Waals surface area contributed by atoms with Gasteiger partial charge in [-0.2, -0.15) is 5.26 Å². The molecule has 0 aliphatic heterocycles. The van der Waals surface area contributed by atoms with Gasteiger partial charge in [0.15, 0.2) is 0 Å². The third kappa shape index (κ3) is 2.96. The highest BCUT2D eigenvalue weighted by Crippen LogP contribution is 2.18. The Balaban J connectivity index is 1.94. The molecule has 0 unspecified atom stereocenters. The Kier molecular flexibility index (Phi) is 3.02. The van der Waals surface area contributed by atoms with E-state index < -0.39 is 0 Å². The first kappa shape index (κ1) is 10.4. The van der Waals surface area contributed by atoms with Crippen molar-refractivity contribution >= 4 is 12.0 Å². The van der Waals surface area contributed by atoms with Crippen LogP contribution in [-0.2, 0) is 4.79 Å². The summed E-state index contributed by atoms with van der Waals surface area (Å²) in [5.74, 6) is -0.0492. The molecule has 1 N–H and O–H groups in total. The molecule has 0 radical (unpaired) electrons. The van der Waals surface area contributed by atoms with E-state index in [2.05, 4.69) is 11.4 Å². The summed E-state index contributed by atoms with van der Waals surface area (Å²) in [6.45, 7) is 0. The van der Waals surface area contributed by atoms with Crippen LogP contribution in [0.2, 0.25) is 0 Å². The van der Waals surface area contributed by atoms with Crippen LogP contribution in [0.3, 0.4) is 0 Å². The highest BCUT2D eigenvalue weighted by molar-refractivity contribution is 5.92. The first-order chi connectivity index (χ1) is 7.78. The molecule has 1 fully saturated rings. The van der Waals surface area contributed by atoms with Crippen LogP contribution in [0.1, 0.15) is 24.0 Å². The fourth-order valence-corrected chi connectivity index (χ4v) is 1.32. The van der Waals surface area contributed by atoms with Crippen molar-refractivity contribution in [3.05, 3.63) is 41.5 Å². The summed E-state index contributed by atoms with van der Waals surface area (Å²) in [5, 5.41) is 11.5. The predicted octanol–water partition coefficient (Wildman–Crippen LogP) is 1.85. The van der Waals surface area contributed by atoms with Crippen LogP contribution in [0.4, 0.5) is 0 Å². The molecule has 0 bridgehead atoms. The number of hydrogen-bond donors (Lipinski definition) is 1. The van der Waals surface area contributed by atoms with Crippen molar-refractivity contribution in [3.63, 3.8) is 0 Å². The molecule has 80 valence electrons. The molecule has 0 saturated heterocycles. The van der Waals surface area contributed by atoms with Crippen molar-refractivity contribution in [2.45, 2.75) is 18.9 Å². The quantitative estimate of drug-likeness (QED) is 0.777. The zero-order valence-corrected chi connectivity index (χ0v) is 8.81. The first-order valence-corrected chi connectivity index (χ1v) is 5.26. The number of amides is 1. The number of nitriles is 1. The molecule has 3 heteroatoms. The van der Waals surface area contributed by atoms with Gasteiger partial charge in [0, 0.05) is 12.1 Å². The first-order valence-electron chi connectivity index (χ1n) is 5.26. The van der Waals surface area contributed by atoms with E-state index in [-0.39, 0.29) is 5.91 Å². The minimum absolute atomic E-state index is 0.0492. The summed E-state index contributed by atoms with van der Waals surface area (Å²) in [4.78, 5) is 11.3. The number of rotatable bonds is 3. The molecule has 0 atom stereocenters. The molecule has 1 aliphatic carbocycles. The lowest BCUT2D eigenvalue weighted by atomic mass is 10.1. The Labute approximate surface area is 94.4 Å². The number of nitrogens with zero attached hydrogens (tertiary/aromatic N) is 1. The van der Waals surface area contributed by atoms with Crippen LogP contribution in [0.15, 0.2) is 30.3 Å². The van der Waals surface area contributed by atoms with Gasteiger partial charge in [0.1, 0.15) is 0 Å². The second-order valence-corrected chi connectivity index (χ2v) is 3.85. The van der Waals surface area contributed by atoms with Gasteiger partial charge < -0.3 is 5.32 Å². The molecule has 0 spiro atoms. The third-order valence-electron chi connectivity index (χ3n) is 2.39. The monoisotopic (exact) mass is 212 g/mol. The van der Waals surface area contributed by atoms with Crippen LogP contribution in [0.5, 0.6) is 0 Å². The van der Waals surface area contributed by atoms with Crippen molar-refractivity contribution in [3.8, 4) is 6.07 Å². The molecule has 1 aromatic rings. The van der Waals surface area contributed by atoms with Gasteiger partial charge in [-0.15, -0.1) is 0 Å². The highest BCUT2D eigenvalue weighted by atomic mass is 16.1. The SMILES string of the molecule is N#Cc1ccc(/C=C/C(=O)NC2CC2)cc1. The van der Waals surface area contributed by atoms with Crippen LogP contribution < -0.4 is 5.32 Å². The van der Waals surface area contributed by atoms with Gasteiger partial charge in [0.05, 0.1) is 11.6 Å². The zero-order valence-electron chi connectivity index (χ0n) is 8.81. The molecule has 1 saturated carbocycles. The topological polar surface area (TPSA) is 52.9 Å². The Morgan fingerprint density at radius 2 is 2.06 bits per heavy atom. The summed E-state index contributed by atoms with van der Waals surface area (Å²) < 4.78 is 0. The van der Waals surface area contributed by atoms with E-state index in [1.165, 1.54) is 6.08 Å². The van der Waals surface area contributed by atoms with Crippen molar-refractivity contribution in [1.82, 2.24) is 5.32 Å². The van der Waals surface area contributed by atoms with E-state index in [0.717, 1.165) is 18.4 Å². The number of carbonyl (C=O) groups is 1. The van der Waals surface area contributed by atoms with Crippen molar-refractivity contribution in [2.24, 2.45) is 0 Å². The third-order valence-corrected chi connectivity index (χ3v) is 2.39. The number of nitrogens with one attached hydrogen (secondary N) is 1. The van der Waals surface area contributed by atoms with E-state index in [4.69, 9.17) is 5.26 Å². The smallest absolute Gasteiger partial charge is 0.244 e. The van der Waals surface area contributed by atoms with E-state index in [1.54, 1.807) is 18.2 Å². The molecule has 3 nitrogen and oxygen atoms in total. The highest BCUT2D eigenvalue weighted by Gasteiger charge is 2.21. The maximum absolute atomic E-state index is 11.3. The molecule has 1 aliphatic rings. The fraction of sp³-hybridized carbons (Fsp3) is 0.231. The Bertz CT molecular complexity index is 450. The lowest BCUT2D eigenvalue weighted by molar-refractivity contribution is -0.116. The summed E-state index contributed by atoms with van der Waals surface area (Å²) in [6.07, 6.45) is 5.46. The van der Waals surface area contributed by atoms with Gasteiger partial charge in [0.25, 0.3) is 0 Å². The van der Waals surface area contributed by atoms with Crippen molar-refractivity contribution in [2.75, 3.05) is 0 Å². The van der Waals surface area contributed by atoms with Crippen LogP contribution in [0.25, 0.3) is 6.08 Å². The summed E-state index contributed by atoms with van der Waals surface area (Å²) in [7, 11) is 0. The minimum atomic E-state index is -0.0492. The van der Waals surface area contributed by atoms with Gasteiger partial charge in [-0.05, 0) is 36.6 Å². The molecule has 2 rings (SSSR count). The number of carbonyl (C=O) groups excluding carboxylic acids is 1. The molecule has 1 amide bonds. The van der Waals surface area contributed by atoms with Crippen LogP contribution in [0, 0.1) is 11.3 Å². The van der Waals surface area contributed by atoms with Crippen molar-refractivity contribution < 1.29 is 4.79 Å². The standard InChI is InChI=1S/C13H12N2O/c14-9-11-3-1-10(2-4-11)5-8-13(16)15-12-6-7-12/h1-5,8,12H,6-7H2,(H,15,16)/b8-5+. The Morgan fingerprint density at radius 3 is 2.62 bits per heavy atom. The van der Waals surface area contributed by atoms with Crippen molar-refractivity contribution in [1.29, 1.82) is 5.26 Å². The predicted molar refractivity (Wildman–Crippen MR) is 61.4 cm³/mol. The second-order valence-electron chi connectivity index (χ2n) is 3.85. The molecule has 1 aromatic carbocycles. The van der Waals surface area contributed by atoms with Gasteiger partial charge in [0.2, 0.25) is 5.91 Å². The van der Waals surface area contributed by atoms with Crippen LogP contribution >= 0.6 is 0 Å². The number of benzene rings is 1. The maximum atomic E-state index is 11.3. The summed E-state index contributed by atoms with van der Waals surface area (Å²) in [5.41, 5.74) is 1.55. The van der Waals surface area contributed by atoms with E-state index in [9.17, 15) is 4.79 Å². The largest absolute Gasteiger partial charge is 0.350 e. The molecule has 0 heterocycles. The summed E-state index contributed by atoms with van der Waals surface area (Å²) >= 11 is 0. The van der Waals surface area contributed by atoms with E-state index in [0.29, 0.717) is 11.6 Å². The van der Waals surface area contributed by atoms with Gasteiger partial charge in [-0.1, -0.05) is 12.1 Å².